The molecule has 1 aromatic heterocycles. The summed E-state index contributed by atoms with van der Waals surface area (Å²) in [6.45, 7) is 0.420. The van der Waals surface area contributed by atoms with Gasteiger partial charge in [-0.25, -0.2) is 13.8 Å². The van der Waals surface area contributed by atoms with Crippen LogP contribution in [0, 0.1) is 11.6 Å². The molecule has 2 aromatic rings. The van der Waals surface area contributed by atoms with Crippen molar-refractivity contribution in [3.63, 3.8) is 0 Å². The first-order valence-corrected chi connectivity index (χ1v) is 6.87. The third-order valence-electron chi connectivity index (χ3n) is 3.39. The quantitative estimate of drug-likeness (QED) is 0.845. The highest BCUT2D eigenvalue weighted by atomic mass is 35.5. The second kappa shape index (κ2) is 5.98. The van der Waals surface area contributed by atoms with Crippen LogP contribution in [0.2, 0.25) is 5.02 Å². The normalized spacial score (nSPS) is 21.0. The molecule has 116 valence electrons. The van der Waals surface area contributed by atoms with E-state index in [1.54, 1.807) is 0 Å². The van der Waals surface area contributed by atoms with Crippen LogP contribution in [0.15, 0.2) is 18.5 Å². The maximum absolute atomic E-state index is 13.9. The number of carbonyl (C=O) groups is 1. The molecule has 0 bridgehead atoms. The summed E-state index contributed by atoms with van der Waals surface area (Å²) in [7, 11) is 0. The molecular weight excluding hydrogens is 318 g/mol. The first kappa shape index (κ1) is 14.9. The number of nitrogens with one attached hydrogen (secondary N) is 2. The number of H-pyrrole nitrogens is 1. The zero-order valence-electron chi connectivity index (χ0n) is 11.1. The Balaban J connectivity index is 1.78. The van der Waals surface area contributed by atoms with Gasteiger partial charge in [-0.3, -0.25) is 9.89 Å². The number of halogens is 3. The van der Waals surface area contributed by atoms with Gasteiger partial charge in [0, 0.05) is 6.61 Å². The Hall–Kier alpha value is -2.06. The van der Waals surface area contributed by atoms with Gasteiger partial charge >= 0.3 is 0 Å². The number of benzene rings is 1. The molecule has 0 saturated carbocycles. The fourth-order valence-electron chi connectivity index (χ4n) is 2.31. The molecule has 0 radical (unpaired) electrons. The minimum absolute atomic E-state index is 0.324. The number of amides is 1. The van der Waals surface area contributed by atoms with Crippen molar-refractivity contribution < 1.29 is 18.3 Å². The highest BCUT2D eigenvalue weighted by Gasteiger charge is 2.33. The van der Waals surface area contributed by atoms with Crippen molar-refractivity contribution in [3.8, 4) is 0 Å². The van der Waals surface area contributed by atoms with Crippen LogP contribution in [-0.2, 0) is 4.74 Å². The van der Waals surface area contributed by atoms with E-state index in [-0.39, 0.29) is 5.56 Å². The third-order valence-corrected chi connectivity index (χ3v) is 3.74. The van der Waals surface area contributed by atoms with E-state index in [9.17, 15) is 13.6 Å². The van der Waals surface area contributed by atoms with E-state index in [2.05, 4.69) is 20.5 Å². The highest BCUT2D eigenvalue weighted by molar-refractivity contribution is 6.31. The smallest absolute Gasteiger partial charge is 0.254 e. The molecule has 1 aliphatic heterocycles. The van der Waals surface area contributed by atoms with Gasteiger partial charge in [0.15, 0.2) is 11.6 Å². The van der Waals surface area contributed by atoms with Crippen molar-refractivity contribution in [1.29, 1.82) is 0 Å². The third kappa shape index (κ3) is 2.67. The van der Waals surface area contributed by atoms with Crippen LogP contribution in [0.4, 0.5) is 8.78 Å². The number of hydrogen-bond acceptors (Lipinski definition) is 4. The van der Waals surface area contributed by atoms with Gasteiger partial charge in [-0.2, -0.15) is 5.10 Å². The number of aromatic nitrogens is 3. The van der Waals surface area contributed by atoms with Crippen LogP contribution < -0.4 is 5.32 Å². The summed E-state index contributed by atoms with van der Waals surface area (Å²) >= 11 is 5.48. The molecule has 1 amide bonds. The summed E-state index contributed by atoms with van der Waals surface area (Å²) in [6.07, 6.45) is 1.37. The van der Waals surface area contributed by atoms with E-state index in [1.807, 2.05) is 0 Å². The Morgan fingerprint density at radius 1 is 1.45 bits per heavy atom. The van der Waals surface area contributed by atoms with Crippen LogP contribution in [0.25, 0.3) is 0 Å². The van der Waals surface area contributed by atoms with Crippen molar-refractivity contribution in [2.75, 3.05) is 6.61 Å². The maximum Gasteiger partial charge on any atom is 0.254 e. The Morgan fingerprint density at radius 2 is 2.27 bits per heavy atom. The number of nitrogens with zero attached hydrogens (tertiary/aromatic N) is 2. The first-order chi connectivity index (χ1) is 10.6. The summed E-state index contributed by atoms with van der Waals surface area (Å²) in [5.74, 6) is -2.23. The average Bonchev–Trinajstić information content (AvgIpc) is 3.15. The van der Waals surface area contributed by atoms with Crippen molar-refractivity contribution >= 4 is 17.5 Å². The number of aromatic amines is 1. The summed E-state index contributed by atoms with van der Waals surface area (Å²) < 4.78 is 32.5. The molecule has 2 atom stereocenters. The van der Waals surface area contributed by atoms with Gasteiger partial charge in [-0.05, 0) is 18.6 Å². The number of hydrogen-bond donors (Lipinski definition) is 2. The number of carbonyl (C=O) groups excluding carboxylic acids is 1. The summed E-state index contributed by atoms with van der Waals surface area (Å²) in [6, 6.07) is 1.59. The molecule has 3 rings (SSSR count). The van der Waals surface area contributed by atoms with Crippen LogP contribution in [-0.4, -0.2) is 33.7 Å². The van der Waals surface area contributed by atoms with Crippen molar-refractivity contribution in [3.05, 3.63) is 46.5 Å². The summed E-state index contributed by atoms with van der Waals surface area (Å²) in [4.78, 5) is 16.2. The second-order valence-electron chi connectivity index (χ2n) is 4.75. The van der Waals surface area contributed by atoms with E-state index in [0.717, 1.165) is 12.1 Å². The van der Waals surface area contributed by atoms with Crippen LogP contribution >= 0.6 is 11.6 Å². The average molecular weight is 329 g/mol. The molecule has 0 unspecified atom stereocenters. The monoisotopic (exact) mass is 328 g/mol. The van der Waals surface area contributed by atoms with Crippen LogP contribution in [0.1, 0.15) is 28.7 Å². The fourth-order valence-corrected chi connectivity index (χ4v) is 2.47. The van der Waals surface area contributed by atoms with Crippen molar-refractivity contribution in [2.24, 2.45) is 0 Å². The van der Waals surface area contributed by atoms with Crippen LogP contribution in [0.5, 0.6) is 0 Å². The maximum atomic E-state index is 13.9. The molecule has 1 fully saturated rings. The SMILES string of the molecule is O=C(N[C@H]1CCO[C@H]1c1ncn[nH]1)c1ccc(F)c(Cl)c1F. The van der Waals surface area contributed by atoms with Gasteiger partial charge in [0.25, 0.3) is 5.91 Å². The molecule has 0 aliphatic carbocycles. The predicted molar refractivity (Wildman–Crippen MR) is 72.3 cm³/mol. The van der Waals surface area contributed by atoms with Gasteiger partial charge in [0.1, 0.15) is 23.3 Å². The van der Waals surface area contributed by atoms with Gasteiger partial charge in [0.2, 0.25) is 0 Å². The molecule has 2 N–H and O–H groups in total. The molecule has 0 spiro atoms. The van der Waals surface area contributed by atoms with Gasteiger partial charge in [0.05, 0.1) is 11.6 Å². The Morgan fingerprint density at radius 3 is 3.00 bits per heavy atom. The lowest BCUT2D eigenvalue weighted by Gasteiger charge is -2.18. The molecule has 9 heteroatoms. The van der Waals surface area contributed by atoms with E-state index in [0.29, 0.717) is 18.9 Å². The largest absolute Gasteiger partial charge is 0.368 e. The van der Waals surface area contributed by atoms with E-state index in [4.69, 9.17) is 16.3 Å². The Kier molecular flexibility index (Phi) is 4.04. The highest BCUT2D eigenvalue weighted by Crippen LogP contribution is 2.27. The molecule has 1 aromatic carbocycles. The van der Waals surface area contributed by atoms with Gasteiger partial charge in [-0.15, -0.1) is 0 Å². The lowest BCUT2D eigenvalue weighted by Crippen LogP contribution is -2.37. The molecular formula is C13H11ClF2N4O2. The zero-order chi connectivity index (χ0) is 15.7. The molecule has 22 heavy (non-hydrogen) atoms. The lowest BCUT2D eigenvalue weighted by atomic mass is 10.1. The Bertz CT molecular complexity index is 696. The molecule has 6 nitrogen and oxygen atoms in total. The number of rotatable bonds is 3. The topological polar surface area (TPSA) is 79.9 Å². The molecule has 2 heterocycles. The zero-order valence-corrected chi connectivity index (χ0v) is 11.9. The lowest BCUT2D eigenvalue weighted by molar-refractivity contribution is 0.0789. The first-order valence-electron chi connectivity index (χ1n) is 6.49. The van der Waals surface area contributed by atoms with Gasteiger partial charge < -0.3 is 10.1 Å². The Labute approximate surface area is 128 Å². The van der Waals surface area contributed by atoms with Gasteiger partial charge in [-0.1, -0.05) is 11.6 Å². The molecule has 1 aliphatic rings. The summed E-state index contributed by atoms with van der Waals surface area (Å²) in [5.41, 5.74) is -0.324. The standard InChI is InChI=1S/C13H11ClF2N4O2/c14-9-7(15)2-1-6(10(9)16)13(21)19-8-3-4-22-11(8)12-17-5-18-20-12/h1-2,5,8,11H,3-4H2,(H,19,21)(H,17,18,20)/t8-,11+/m0/s1. The van der Waals surface area contributed by atoms with Crippen LogP contribution in [0.3, 0.4) is 0 Å². The van der Waals surface area contributed by atoms with Crippen molar-refractivity contribution in [1.82, 2.24) is 20.5 Å². The fraction of sp³-hybridized carbons (Fsp3) is 0.308. The predicted octanol–water partition coefficient (Wildman–Crippen LogP) is 2.00. The minimum Gasteiger partial charge on any atom is -0.368 e. The minimum atomic E-state index is -1.09. The van der Waals surface area contributed by atoms with E-state index >= 15 is 0 Å². The van der Waals surface area contributed by atoms with Crippen molar-refractivity contribution in [2.45, 2.75) is 18.6 Å². The number of ether oxygens (including phenoxy) is 1. The molecule has 1 saturated heterocycles. The second-order valence-corrected chi connectivity index (χ2v) is 5.13. The summed E-state index contributed by atoms with van der Waals surface area (Å²) in [5, 5.41) is 8.34. The van der Waals surface area contributed by atoms with E-state index < -0.39 is 34.7 Å². The van der Waals surface area contributed by atoms with E-state index in [1.165, 1.54) is 6.33 Å².